The van der Waals surface area contributed by atoms with E-state index in [0.717, 1.165) is 0 Å². The summed E-state index contributed by atoms with van der Waals surface area (Å²) < 4.78 is 48.5. The van der Waals surface area contributed by atoms with Crippen LogP contribution in [-0.4, -0.2) is 64.4 Å². The summed E-state index contributed by atoms with van der Waals surface area (Å²) >= 11 is 7.60. The summed E-state index contributed by atoms with van der Waals surface area (Å²) in [6.45, 7) is 3.31. The standard InChI is InChI=1S/C26H28ClF3N4O4S/c1-3-38-26(37)20-17(12-34-13(2)9-14(11-19(35)36)10-18(34)23(29)30)32-24(25-31-7-8-39-25)33-22(20)15-5-4-6-16(28)21(15)27/h4-8,13-14,18,22-23H,3,9-12H2,1-2H3,(H,32,33)(H,35,36)/t13-,14?,18-,22+/m1/s1. The van der Waals surface area contributed by atoms with Gasteiger partial charge in [-0.1, -0.05) is 23.7 Å². The summed E-state index contributed by atoms with van der Waals surface area (Å²) in [5.41, 5.74) is 0.497. The molecule has 0 amide bonds. The quantitative estimate of drug-likeness (QED) is 0.397. The largest absolute Gasteiger partial charge is 0.481 e. The number of piperidine rings is 1. The van der Waals surface area contributed by atoms with Crippen LogP contribution in [0.15, 0.2) is 46.0 Å². The molecule has 0 spiro atoms. The number of nitrogens with one attached hydrogen (secondary N) is 1. The highest BCUT2D eigenvalue weighted by Crippen LogP contribution is 2.39. The average Bonchev–Trinajstić information content (AvgIpc) is 3.41. The number of nitrogens with zero attached hydrogens (tertiary/aromatic N) is 3. The molecule has 1 unspecified atom stereocenters. The van der Waals surface area contributed by atoms with Gasteiger partial charge in [-0.15, -0.1) is 11.3 Å². The molecule has 2 aliphatic heterocycles. The fourth-order valence-electron chi connectivity index (χ4n) is 5.21. The van der Waals surface area contributed by atoms with Crippen molar-refractivity contribution in [1.82, 2.24) is 15.2 Å². The van der Waals surface area contributed by atoms with E-state index in [-0.39, 0.29) is 53.7 Å². The van der Waals surface area contributed by atoms with Crippen molar-refractivity contribution < 1.29 is 32.6 Å². The van der Waals surface area contributed by atoms with Crippen LogP contribution >= 0.6 is 22.9 Å². The molecular formula is C26H28ClF3N4O4S. The molecule has 1 aromatic carbocycles. The maximum Gasteiger partial charge on any atom is 0.338 e. The fourth-order valence-corrected chi connectivity index (χ4v) is 6.03. The number of carboxylic acids is 1. The van der Waals surface area contributed by atoms with E-state index in [1.807, 2.05) is 0 Å². The van der Waals surface area contributed by atoms with Crippen molar-refractivity contribution in [2.24, 2.45) is 10.9 Å². The number of carboxylic acid groups (broad SMARTS) is 1. The van der Waals surface area contributed by atoms with E-state index in [9.17, 15) is 27.9 Å². The smallest absolute Gasteiger partial charge is 0.338 e. The summed E-state index contributed by atoms with van der Waals surface area (Å²) in [5, 5.41) is 14.3. The second-order valence-corrected chi connectivity index (χ2v) is 10.7. The van der Waals surface area contributed by atoms with Gasteiger partial charge in [-0.05, 0) is 38.7 Å². The molecule has 1 saturated heterocycles. The van der Waals surface area contributed by atoms with Gasteiger partial charge in [-0.2, -0.15) is 0 Å². The molecule has 210 valence electrons. The Morgan fingerprint density at radius 2 is 2.10 bits per heavy atom. The third-order valence-electron chi connectivity index (χ3n) is 6.87. The Bertz CT molecular complexity index is 1270. The lowest BCUT2D eigenvalue weighted by atomic mass is 9.84. The van der Waals surface area contributed by atoms with Gasteiger partial charge < -0.3 is 15.2 Å². The topological polar surface area (TPSA) is 104 Å². The minimum absolute atomic E-state index is 0.0110. The van der Waals surface area contributed by atoms with Crippen LogP contribution in [0.4, 0.5) is 13.2 Å². The molecular weight excluding hydrogens is 557 g/mol. The SMILES string of the molecule is CCOC(=O)C1=C(CN2[C@H](C)CC(CC(=O)O)C[C@@H]2C(F)F)NC(c2nccs2)=N[C@H]1c1cccc(F)c1Cl. The van der Waals surface area contributed by atoms with Gasteiger partial charge in [0.1, 0.15) is 11.9 Å². The van der Waals surface area contributed by atoms with E-state index < -0.39 is 48.2 Å². The van der Waals surface area contributed by atoms with Gasteiger partial charge in [0.25, 0.3) is 6.43 Å². The minimum Gasteiger partial charge on any atom is -0.481 e. The molecule has 1 fully saturated rings. The number of ether oxygens (including phenoxy) is 1. The Hall–Kier alpha value is -2.96. The average molecular weight is 585 g/mol. The number of alkyl halides is 2. The first-order chi connectivity index (χ1) is 18.6. The summed E-state index contributed by atoms with van der Waals surface area (Å²) in [6.07, 6.45) is -0.995. The molecule has 13 heteroatoms. The highest BCUT2D eigenvalue weighted by molar-refractivity contribution is 7.11. The van der Waals surface area contributed by atoms with Gasteiger partial charge in [0.15, 0.2) is 10.8 Å². The van der Waals surface area contributed by atoms with Crippen molar-refractivity contribution in [3.63, 3.8) is 0 Å². The van der Waals surface area contributed by atoms with E-state index in [4.69, 9.17) is 16.3 Å². The first kappa shape index (κ1) is 29.0. The number of benzene rings is 1. The van der Waals surface area contributed by atoms with Crippen LogP contribution in [0, 0.1) is 11.7 Å². The van der Waals surface area contributed by atoms with E-state index in [2.05, 4.69) is 15.3 Å². The lowest BCUT2D eigenvalue weighted by molar-refractivity contribution is -0.140. The molecule has 2 N–H and O–H groups in total. The number of amidine groups is 1. The summed E-state index contributed by atoms with van der Waals surface area (Å²) in [5.74, 6) is -2.60. The number of thiazole rings is 1. The zero-order valence-electron chi connectivity index (χ0n) is 21.2. The van der Waals surface area contributed by atoms with Gasteiger partial charge in [0, 0.05) is 41.8 Å². The maximum atomic E-state index is 14.5. The number of carbonyl (C=O) groups is 2. The number of aromatic nitrogens is 1. The molecule has 2 aromatic rings. The van der Waals surface area contributed by atoms with Gasteiger partial charge in [0.2, 0.25) is 0 Å². The molecule has 4 atom stereocenters. The third-order valence-corrected chi connectivity index (χ3v) is 8.05. The monoisotopic (exact) mass is 584 g/mol. The van der Waals surface area contributed by atoms with Crippen LogP contribution in [-0.2, 0) is 14.3 Å². The van der Waals surface area contributed by atoms with Gasteiger partial charge in [-0.25, -0.2) is 22.9 Å². The van der Waals surface area contributed by atoms with Crippen molar-refractivity contribution in [3.8, 4) is 0 Å². The van der Waals surface area contributed by atoms with Crippen LogP contribution in [0.2, 0.25) is 5.02 Å². The van der Waals surface area contributed by atoms with E-state index >= 15 is 0 Å². The van der Waals surface area contributed by atoms with Crippen molar-refractivity contribution >= 4 is 40.7 Å². The van der Waals surface area contributed by atoms with Gasteiger partial charge in [0.05, 0.1) is 23.2 Å². The number of carbonyl (C=O) groups excluding carboxylic acids is 1. The van der Waals surface area contributed by atoms with Crippen molar-refractivity contribution in [1.29, 1.82) is 0 Å². The maximum absolute atomic E-state index is 14.5. The first-order valence-corrected chi connectivity index (χ1v) is 13.7. The molecule has 3 heterocycles. The molecule has 39 heavy (non-hydrogen) atoms. The number of aliphatic carboxylic acids is 1. The van der Waals surface area contributed by atoms with Crippen molar-refractivity contribution in [2.75, 3.05) is 13.2 Å². The van der Waals surface area contributed by atoms with Crippen molar-refractivity contribution in [2.45, 2.75) is 57.7 Å². The third kappa shape index (κ3) is 6.44. The van der Waals surface area contributed by atoms with Crippen LogP contribution in [0.25, 0.3) is 0 Å². The zero-order valence-corrected chi connectivity index (χ0v) is 22.8. The van der Waals surface area contributed by atoms with E-state index in [1.54, 1.807) is 36.4 Å². The van der Waals surface area contributed by atoms with E-state index in [1.165, 1.54) is 23.5 Å². The molecule has 4 rings (SSSR count). The number of esters is 1. The predicted molar refractivity (Wildman–Crippen MR) is 141 cm³/mol. The lowest BCUT2D eigenvalue weighted by Crippen LogP contribution is -2.53. The molecule has 2 aliphatic rings. The van der Waals surface area contributed by atoms with Crippen LogP contribution < -0.4 is 5.32 Å². The normalized spacial score (nSPS) is 23.9. The highest BCUT2D eigenvalue weighted by atomic mass is 35.5. The van der Waals surface area contributed by atoms with Crippen LogP contribution in [0.5, 0.6) is 0 Å². The Balaban J connectivity index is 1.81. The summed E-state index contributed by atoms with van der Waals surface area (Å²) in [6, 6.07) is 1.42. The Morgan fingerprint density at radius 3 is 2.74 bits per heavy atom. The molecule has 1 aromatic heterocycles. The van der Waals surface area contributed by atoms with Gasteiger partial charge >= 0.3 is 11.9 Å². The van der Waals surface area contributed by atoms with Gasteiger partial charge in [-0.3, -0.25) is 14.7 Å². The highest BCUT2D eigenvalue weighted by Gasteiger charge is 2.42. The number of likely N-dealkylation sites (tertiary alicyclic amines) is 1. The zero-order chi connectivity index (χ0) is 28.3. The molecule has 0 bridgehead atoms. The predicted octanol–water partition coefficient (Wildman–Crippen LogP) is 5.05. The first-order valence-electron chi connectivity index (χ1n) is 12.4. The summed E-state index contributed by atoms with van der Waals surface area (Å²) in [7, 11) is 0. The fraction of sp³-hybridized carbons (Fsp3) is 0.462. The minimum atomic E-state index is -2.75. The Morgan fingerprint density at radius 1 is 1.33 bits per heavy atom. The summed E-state index contributed by atoms with van der Waals surface area (Å²) in [4.78, 5) is 35.1. The number of hydrogen-bond acceptors (Lipinski definition) is 8. The number of hydrogen-bond donors (Lipinski definition) is 2. The molecule has 0 saturated carbocycles. The molecule has 0 aliphatic carbocycles. The van der Waals surface area contributed by atoms with Crippen LogP contribution in [0.1, 0.15) is 49.7 Å². The molecule has 0 radical (unpaired) electrons. The van der Waals surface area contributed by atoms with E-state index in [0.29, 0.717) is 11.4 Å². The number of aliphatic imine (C=N–C) groups is 1. The Kier molecular flexibility index (Phi) is 9.29. The second kappa shape index (κ2) is 12.5. The lowest BCUT2D eigenvalue weighted by Gasteiger charge is -2.44. The Labute approximate surface area is 232 Å². The van der Waals surface area contributed by atoms with Crippen molar-refractivity contribution in [3.05, 3.63) is 62.5 Å². The molecule has 8 nitrogen and oxygen atoms in total. The number of rotatable bonds is 9. The van der Waals surface area contributed by atoms with Crippen LogP contribution in [0.3, 0.4) is 0 Å². The second-order valence-electron chi connectivity index (χ2n) is 9.46. The number of halogens is 4.